The molecule has 3 heterocycles. The summed E-state index contributed by atoms with van der Waals surface area (Å²) in [6.07, 6.45) is 5.04. The molecule has 1 aromatic carbocycles. The fraction of sp³-hybridized carbons (Fsp3) is 0.0556. The Balaban J connectivity index is 1.80. The number of nitrogens with zero attached hydrogens (tertiary/aromatic N) is 1. The molecule has 1 N–H and O–H groups in total. The van der Waals surface area contributed by atoms with Gasteiger partial charge in [0, 0.05) is 29.4 Å². The molecule has 0 atom stereocenters. The van der Waals surface area contributed by atoms with Crippen molar-refractivity contribution in [2.24, 2.45) is 0 Å². The predicted molar refractivity (Wildman–Crippen MR) is 93.3 cm³/mol. The average Bonchev–Trinajstić information content (AvgIpc) is 3.10. The van der Waals surface area contributed by atoms with Gasteiger partial charge < -0.3 is 4.42 Å². The molecule has 5 nitrogen and oxygen atoms in total. The maximum absolute atomic E-state index is 11.6. The van der Waals surface area contributed by atoms with Crippen molar-refractivity contribution in [3.8, 4) is 11.1 Å². The lowest BCUT2D eigenvalue weighted by Gasteiger charge is -2.02. The summed E-state index contributed by atoms with van der Waals surface area (Å²) < 4.78 is 5.91. The van der Waals surface area contributed by atoms with Crippen LogP contribution >= 0.6 is 11.8 Å². The van der Waals surface area contributed by atoms with Gasteiger partial charge in [0.05, 0.1) is 4.91 Å². The normalized spacial score (nSPS) is 16.1. The molecule has 0 saturated carbocycles. The van der Waals surface area contributed by atoms with E-state index in [1.807, 2.05) is 37.3 Å². The van der Waals surface area contributed by atoms with Crippen LogP contribution in [0.2, 0.25) is 0 Å². The molecule has 0 unspecified atom stereocenters. The van der Waals surface area contributed by atoms with E-state index in [4.69, 9.17) is 4.42 Å². The lowest BCUT2D eigenvalue weighted by atomic mass is 10.0. The van der Waals surface area contributed by atoms with Crippen molar-refractivity contribution < 1.29 is 14.0 Å². The van der Waals surface area contributed by atoms with Crippen LogP contribution in [0.25, 0.3) is 28.2 Å². The molecule has 1 aliphatic rings. The monoisotopic (exact) mass is 336 g/mol. The Bertz CT molecular complexity index is 1000. The predicted octanol–water partition coefficient (Wildman–Crippen LogP) is 4.13. The number of furan rings is 1. The Kier molecular flexibility index (Phi) is 3.46. The van der Waals surface area contributed by atoms with Crippen LogP contribution in [0.4, 0.5) is 4.79 Å². The van der Waals surface area contributed by atoms with Gasteiger partial charge in [-0.05, 0) is 30.3 Å². The second-order valence-corrected chi connectivity index (χ2v) is 6.49. The highest BCUT2D eigenvalue weighted by molar-refractivity contribution is 8.18. The number of carbonyl (C=O) groups is 2. The highest BCUT2D eigenvalue weighted by atomic mass is 32.2. The lowest BCUT2D eigenvalue weighted by Crippen LogP contribution is -2.17. The maximum atomic E-state index is 11.6. The number of benzene rings is 1. The summed E-state index contributed by atoms with van der Waals surface area (Å²) in [5.74, 6) is 0.112. The van der Waals surface area contributed by atoms with Crippen molar-refractivity contribution in [1.82, 2.24) is 10.3 Å². The smallest absolute Gasteiger partial charge is 0.290 e. The van der Waals surface area contributed by atoms with Crippen molar-refractivity contribution in [2.75, 3.05) is 0 Å². The van der Waals surface area contributed by atoms with Crippen LogP contribution in [-0.4, -0.2) is 16.1 Å². The van der Waals surface area contributed by atoms with Gasteiger partial charge >= 0.3 is 0 Å². The second-order valence-electron chi connectivity index (χ2n) is 5.47. The molecular weight excluding hydrogens is 324 g/mol. The number of aromatic nitrogens is 1. The summed E-state index contributed by atoms with van der Waals surface area (Å²) in [5.41, 5.74) is 3.78. The quantitative estimate of drug-likeness (QED) is 0.713. The van der Waals surface area contributed by atoms with E-state index in [9.17, 15) is 9.59 Å². The minimum Gasteiger partial charge on any atom is -0.456 e. The van der Waals surface area contributed by atoms with E-state index in [1.54, 1.807) is 18.5 Å². The van der Waals surface area contributed by atoms with E-state index in [1.165, 1.54) is 5.56 Å². The van der Waals surface area contributed by atoms with Crippen LogP contribution in [0.1, 0.15) is 11.3 Å². The second kappa shape index (κ2) is 5.65. The molecule has 0 bridgehead atoms. The number of amides is 2. The van der Waals surface area contributed by atoms with E-state index < -0.39 is 5.91 Å². The molecule has 1 saturated heterocycles. The van der Waals surface area contributed by atoms with Gasteiger partial charge in [0.1, 0.15) is 11.3 Å². The minimum atomic E-state index is -0.401. The van der Waals surface area contributed by atoms with Crippen LogP contribution in [0.3, 0.4) is 0 Å². The Hall–Kier alpha value is -2.86. The van der Waals surface area contributed by atoms with Gasteiger partial charge in [-0.2, -0.15) is 0 Å². The largest absolute Gasteiger partial charge is 0.456 e. The Morgan fingerprint density at radius 1 is 1.17 bits per heavy atom. The third-order valence-corrected chi connectivity index (χ3v) is 4.53. The molecule has 1 fully saturated rings. The van der Waals surface area contributed by atoms with Crippen molar-refractivity contribution in [1.29, 1.82) is 0 Å². The highest BCUT2D eigenvalue weighted by Crippen LogP contribution is 2.32. The first-order valence-corrected chi connectivity index (χ1v) is 8.11. The maximum Gasteiger partial charge on any atom is 0.290 e. The Labute approximate surface area is 141 Å². The summed E-state index contributed by atoms with van der Waals surface area (Å²) >= 11 is 0.866. The zero-order valence-corrected chi connectivity index (χ0v) is 13.5. The fourth-order valence-corrected chi connectivity index (χ4v) is 3.20. The van der Waals surface area contributed by atoms with E-state index in [2.05, 4.69) is 10.3 Å². The summed E-state index contributed by atoms with van der Waals surface area (Å²) in [5, 5.41) is 2.70. The molecule has 0 aliphatic carbocycles. The molecule has 3 aromatic rings. The number of imide groups is 1. The van der Waals surface area contributed by atoms with Gasteiger partial charge in [-0.15, -0.1) is 0 Å². The number of pyridine rings is 1. The van der Waals surface area contributed by atoms with Gasteiger partial charge in [-0.1, -0.05) is 29.8 Å². The number of rotatable bonds is 2. The number of carbonyl (C=O) groups excluding carboxylic acids is 2. The van der Waals surface area contributed by atoms with E-state index in [0.29, 0.717) is 16.2 Å². The van der Waals surface area contributed by atoms with E-state index >= 15 is 0 Å². The third-order valence-electron chi connectivity index (χ3n) is 3.72. The molecular formula is C18H12N2O3S. The van der Waals surface area contributed by atoms with Gasteiger partial charge in [-0.25, -0.2) is 0 Å². The summed E-state index contributed by atoms with van der Waals surface area (Å²) in [4.78, 5) is 27.5. The Morgan fingerprint density at radius 3 is 2.67 bits per heavy atom. The molecule has 6 heteroatoms. The zero-order valence-electron chi connectivity index (χ0n) is 12.7. The molecule has 1 aliphatic heterocycles. The highest BCUT2D eigenvalue weighted by Gasteiger charge is 2.25. The van der Waals surface area contributed by atoms with Crippen molar-refractivity contribution in [3.63, 3.8) is 0 Å². The first kappa shape index (κ1) is 14.7. The molecule has 24 heavy (non-hydrogen) atoms. The number of hydrogen-bond donors (Lipinski definition) is 1. The van der Waals surface area contributed by atoms with Crippen LogP contribution in [0.5, 0.6) is 0 Å². The molecule has 0 radical (unpaired) electrons. The fourth-order valence-electron chi connectivity index (χ4n) is 2.54. The van der Waals surface area contributed by atoms with Gasteiger partial charge in [0.2, 0.25) is 0 Å². The third kappa shape index (κ3) is 2.61. The van der Waals surface area contributed by atoms with Crippen LogP contribution in [-0.2, 0) is 4.79 Å². The van der Waals surface area contributed by atoms with E-state index in [-0.39, 0.29) is 5.24 Å². The SMILES string of the molecule is Cc1ccc(-c2cncc3cc(C=C4SC(=O)NC4=O)oc23)cc1. The minimum absolute atomic E-state index is 0.323. The van der Waals surface area contributed by atoms with Crippen LogP contribution in [0.15, 0.2) is 52.0 Å². The standard InChI is InChI=1S/C18H12N2O3S/c1-10-2-4-11(5-3-10)14-9-19-8-12-6-13(23-16(12)14)7-15-17(21)20-18(22)24-15/h2-9H,1H3,(H,20,21,22). The molecule has 2 aromatic heterocycles. The summed E-state index contributed by atoms with van der Waals surface area (Å²) in [6, 6.07) is 9.91. The molecule has 118 valence electrons. The van der Waals surface area contributed by atoms with Gasteiger partial charge in [0.25, 0.3) is 11.1 Å². The lowest BCUT2D eigenvalue weighted by molar-refractivity contribution is -0.115. The molecule has 0 spiro atoms. The van der Waals surface area contributed by atoms with E-state index in [0.717, 1.165) is 28.3 Å². The zero-order chi connectivity index (χ0) is 16.7. The van der Waals surface area contributed by atoms with Gasteiger partial charge in [-0.3, -0.25) is 19.9 Å². The first-order chi connectivity index (χ1) is 11.6. The van der Waals surface area contributed by atoms with Crippen molar-refractivity contribution >= 4 is 40.0 Å². The number of nitrogens with one attached hydrogen (secondary N) is 1. The number of hydrogen-bond acceptors (Lipinski definition) is 5. The molecule has 2 amide bonds. The first-order valence-electron chi connectivity index (χ1n) is 7.29. The van der Waals surface area contributed by atoms with Crippen molar-refractivity contribution in [3.05, 3.63) is 59.0 Å². The van der Waals surface area contributed by atoms with Gasteiger partial charge in [0.15, 0.2) is 0 Å². The van der Waals surface area contributed by atoms with Crippen LogP contribution < -0.4 is 5.32 Å². The summed E-state index contributed by atoms with van der Waals surface area (Å²) in [7, 11) is 0. The van der Waals surface area contributed by atoms with Crippen LogP contribution in [0, 0.1) is 6.92 Å². The van der Waals surface area contributed by atoms with Crippen molar-refractivity contribution in [2.45, 2.75) is 6.92 Å². The number of aryl methyl sites for hydroxylation is 1. The Morgan fingerprint density at radius 2 is 1.96 bits per heavy atom. The number of fused-ring (bicyclic) bond motifs is 1. The summed E-state index contributed by atoms with van der Waals surface area (Å²) in [6.45, 7) is 2.03. The average molecular weight is 336 g/mol. The molecule has 4 rings (SSSR count). The number of thioether (sulfide) groups is 1. The topological polar surface area (TPSA) is 72.2 Å².